The van der Waals surface area contributed by atoms with Crippen LogP contribution in [0.25, 0.3) is 0 Å². The Balaban J connectivity index is 2.61. The Labute approximate surface area is 118 Å². The highest BCUT2D eigenvalue weighted by Gasteiger charge is 2.18. The second-order valence-electron chi connectivity index (χ2n) is 4.64. The number of benzene rings is 1. The van der Waals surface area contributed by atoms with E-state index in [1.807, 2.05) is 6.07 Å². The van der Waals surface area contributed by atoms with Crippen LogP contribution in [0.2, 0.25) is 5.02 Å². The molecule has 0 fully saturated rings. The smallest absolute Gasteiger partial charge is 0.306 e. The van der Waals surface area contributed by atoms with Crippen molar-refractivity contribution in [3.05, 3.63) is 34.9 Å². The molecule has 1 N–H and O–H groups in total. The van der Waals surface area contributed by atoms with Crippen molar-refractivity contribution < 1.29 is 18.3 Å². The molecule has 0 aliphatic heterocycles. The number of carbonyl (C=O) groups is 1. The molecule has 0 heterocycles. The zero-order valence-corrected chi connectivity index (χ0v) is 12.2. The maximum absolute atomic E-state index is 11.2. The van der Waals surface area contributed by atoms with Gasteiger partial charge in [-0.25, -0.2) is 8.42 Å². The lowest BCUT2D eigenvalue weighted by Crippen LogP contribution is -2.18. The van der Waals surface area contributed by atoms with E-state index < -0.39 is 21.7 Å². The lowest BCUT2D eigenvalue weighted by molar-refractivity contribution is -0.141. The van der Waals surface area contributed by atoms with Crippen LogP contribution in [0.15, 0.2) is 24.3 Å². The van der Waals surface area contributed by atoms with E-state index in [0.29, 0.717) is 24.3 Å². The van der Waals surface area contributed by atoms with Crippen LogP contribution in [-0.2, 0) is 21.1 Å². The Morgan fingerprint density at radius 1 is 1.42 bits per heavy atom. The van der Waals surface area contributed by atoms with Crippen molar-refractivity contribution in [1.82, 2.24) is 0 Å². The van der Waals surface area contributed by atoms with Crippen LogP contribution < -0.4 is 0 Å². The molecule has 1 aromatic rings. The van der Waals surface area contributed by atoms with E-state index in [9.17, 15) is 13.2 Å². The third-order valence-corrected chi connectivity index (χ3v) is 4.05. The number of hydrogen-bond acceptors (Lipinski definition) is 3. The predicted molar refractivity (Wildman–Crippen MR) is 75.2 cm³/mol. The van der Waals surface area contributed by atoms with Gasteiger partial charge < -0.3 is 5.11 Å². The Hall–Kier alpha value is -1.07. The van der Waals surface area contributed by atoms with E-state index in [2.05, 4.69) is 0 Å². The van der Waals surface area contributed by atoms with E-state index in [1.165, 1.54) is 0 Å². The highest BCUT2D eigenvalue weighted by molar-refractivity contribution is 7.90. The minimum Gasteiger partial charge on any atom is -0.481 e. The lowest BCUT2D eigenvalue weighted by Gasteiger charge is -2.12. The zero-order chi connectivity index (χ0) is 14.5. The van der Waals surface area contributed by atoms with Crippen LogP contribution in [0.3, 0.4) is 0 Å². The van der Waals surface area contributed by atoms with E-state index in [-0.39, 0.29) is 5.75 Å². The fourth-order valence-electron chi connectivity index (χ4n) is 1.85. The van der Waals surface area contributed by atoms with Crippen molar-refractivity contribution in [1.29, 1.82) is 0 Å². The standard InChI is InChI=1S/C13H17ClO4S/c1-19(17,18)7-3-5-11(13(15)16)8-10-4-2-6-12(14)9-10/h2,4,6,9,11H,3,5,7-8H2,1H3,(H,15,16). The first kappa shape index (κ1) is 16.0. The van der Waals surface area contributed by atoms with Gasteiger partial charge in [-0.05, 0) is 37.0 Å². The summed E-state index contributed by atoms with van der Waals surface area (Å²) in [6.07, 6.45) is 2.21. The van der Waals surface area contributed by atoms with Gasteiger partial charge in [-0.3, -0.25) is 4.79 Å². The molecule has 0 aliphatic rings. The number of sulfone groups is 1. The molecule has 1 atom stereocenters. The maximum atomic E-state index is 11.2. The van der Waals surface area contributed by atoms with Crippen molar-refractivity contribution in [3.63, 3.8) is 0 Å². The predicted octanol–water partition coefficient (Wildman–Crippen LogP) is 2.41. The van der Waals surface area contributed by atoms with Crippen LogP contribution in [0.4, 0.5) is 0 Å². The fraction of sp³-hybridized carbons (Fsp3) is 0.462. The minimum atomic E-state index is -3.04. The molecule has 0 saturated carbocycles. The van der Waals surface area contributed by atoms with Crippen LogP contribution in [0.5, 0.6) is 0 Å². The number of carboxylic acid groups (broad SMARTS) is 1. The summed E-state index contributed by atoms with van der Waals surface area (Å²) in [5, 5.41) is 9.72. The molecule has 1 rings (SSSR count). The first-order valence-corrected chi connectivity index (χ1v) is 8.37. The molecule has 0 aromatic heterocycles. The van der Waals surface area contributed by atoms with Gasteiger partial charge in [0.25, 0.3) is 0 Å². The van der Waals surface area contributed by atoms with Crippen LogP contribution in [0, 0.1) is 5.92 Å². The van der Waals surface area contributed by atoms with E-state index in [0.717, 1.165) is 11.8 Å². The summed E-state index contributed by atoms with van der Waals surface area (Å²) in [6, 6.07) is 7.05. The summed E-state index contributed by atoms with van der Waals surface area (Å²) < 4.78 is 22.0. The third-order valence-electron chi connectivity index (χ3n) is 2.79. The Morgan fingerprint density at radius 2 is 2.11 bits per heavy atom. The van der Waals surface area contributed by atoms with Gasteiger partial charge in [0, 0.05) is 17.0 Å². The summed E-state index contributed by atoms with van der Waals surface area (Å²) in [4.78, 5) is 11.2. The number of aliphatic carboxylic acids is 1. The lowest BCUT2D eigenvalue weighted by atomic mass is 9.95. The summed E-state index contributed by atoms with van der Waals surface area (Å²) in [6.45, 7) is 0. The number of carboxylic acids is 1. The quantitative estimate of drug-likeness (QED) is 0.839. The molecule has 1 aromatic carbocycles. The van der Waals surface area contributed by atoms with Crippen LogP contribution in [0.1, 0.15) is 18.4 Å². The van der Waals surface area contributed by atoms with E-state index >= 15 is 0 Å². The van der Waals surface area contributed by atoms with Gasteiger partial charge in [0.15, 0.2) is 0 Å². The molecule has 0 aliphatic carbocycles. The maximum Gasteiger partial charge on any atom is 0.306 e. The number of rotatable bonds is 7. The minimum absolute atomic E-state index is 0.0202. The second kappa shape index (κ2) is 6.91. The Morgan fingerprint density at radius 3 is 2.63 bits per heavy atom. The molecular formula is C13H17ClO4S. The van der Waals surface area contributed by atoms with Gasteiger partial charge in [-0.1, -0.05) is 23.7 Å². The second-order valence-corrected chi connectivity index (χ2v) is 7.34. The summed E-state index contributed by atoms with van der Waals surface area (Å²) >= 11 is 5.85. The molecule has 1 unspecified atom stereocenters. The summed E-state index contributed by atoms with van der Waals surface area (Å²) in [5.74, 6) is -1.47. The number of halogens is 1. The van der Waals surface area contributed by atoms with Gasteiger partial charge in [0.1, 0.15) is 9.84 Å². The van der Waals surface area contributed by atoms with Crippen molar-refractivity contribution in [3.8, 4) is 0 Å². The van der Waals surface area contributed by atoms with Gasteiger partial charge in [-0.15, -0.1) is 0 Å². The van der Waals surface area contributed by atoms with Crippen molar-refractivity contribution >= 4 is 27.4 Å². The summed E-state index contributed by atoms with van der Waals surface area (Å²) in [5.41, 5.74) is 0.847. The molecule has 106 valence electrons. The number of hydrogen-bond donors (Lipinski definition) is 1. The first-order chi connectivity index (χ1) is 8.78. The highest BCUT2D eigenvalue weighted by atomic mass is 35.5. The molecule has 0 amide bonds. The average Bonchev–Trinajstić information content (AvgIpc) is 2.26. The highest BCUT2D eigenvalue weighted by Crippen LogP contribution is 2.18. The molecule has 4 nitrogen and oxygen atoms in total. The molecule has 0 bridgehead atoms. The molecule has 6 heteroatoms. The van der Waals surface area contributed by atoms with Gasteiger partial charge in [0.05, 0.1) is 5.92 Å². The monoisotopic (exact) mass is 304 g/mol. The third kappa shape index (κ3) is 6.59. The Kier molecular flexibility index (Phi) is 5.82. The molecule has 19 heavy (non-hydrogen) atoms. The van der Waals surface area contributed by atoms with Crippen molar-refractivity contribution in [2.75, 3.05) is 12.0 Å². The molecule has 0 spiro atoms. The Bertz CT molecular complexity index is 539. The van der Waals surface area contributed by atoms with E-state index in [4.69, 9.17) is 16.7 Å². The molecule has 0 saturated heterocycles. The largest absolute Gasteiger partial charge is 0.481 e. The SMILES string of the molecule is CS(=O)(=O)CCCC(Cc1cccc(Cl)c1)C(=O)O. The first-order valence-electron chi connectivity index (χ1n) is 5.93. The van der Waals surface area contributed by atoms with Gasteiger partial charge in [-0.2, -0.15) is 0 Å². The van der Waals surface area contributed by atoms with Crippen LogP contribution >= 0.6 is 11.6 Å². The van der Waals surface area contributed by atoms with Gasteiger partial charge in [0.2, 0.25) is 0 Å². The molecular weight excluding hydrogens is 288 g/mol. The summed E-state index contributed by atoms with van der Waals surface area (Å²) in [7, 11) is -3.04. The van der Waals surface area contributed by atoms with E-state index in [1.54, 1.807) is 18.2 Å². The van der Waals surface area contributed by atoms with Gasteiger partial charge >= 0.3 is 5.97 Å². The van der Waals surface area contributed by atoms with Crippen LogP contribution in [-0.4, -0.2) is 31.5 Å². The zero-order valence-electron chi connectivity index (χ0n) is 10.7. The van der Waals surface area contributed by atoms with Crippen molar-refractivity contribution in [2.45, 2.75) is 19.3 Å². The molecule has 0 radical (unpaired) electrons. The average molecular weight is 305 g/mol. The fourth-order valence-corrected chi connectivity index (χ4v) is 2.76. The topological polar surface area (TPSA) is 71.4 Å². The van der Waals surface area contributed by atoms with Crippen molar-refractivity contribution in [2.24, 2.45) is 5.92 Å². The normalized spacial score (nSPS) is 13.2.